The molecule has 0 saturated carbocycles. The lowest BCUT2D eigenvalue weighted by Gasteiger charge is -2.08. The van der Waals surface area contributed by atoms with Crippen LogP contribution in [0.2, 0.25) is 0 Å². The summed E-state index contributed by atoms with van der Waals surface area (Å²) in [5.41, 5.74) is 2.97. The lowest BCUT2D eigenvalue weighted by atomic mass is 10.0. The number of nitrogens with one attached hydrogen (secondary N) is 1. The fraction of sp³-hybridized carbons (Fsp3) is 0.222. The molecule has 1 aromatic heterocycles. The Hall–Kier alpha value is -2.40. The smallest absolute Gasteiger partial charge is 0.341 e. The molecule has 0 atom stereocenters. The zero-order valence-corrected chi connectivity index (χ0v) is 14.2. The summed E-state index contributed by atoms with van der Waals surface area (Å²) in [6.07, 6.45) is 1.50. The summed E-state index contributed by atoms with van der Waals surface area (Å²) < 4.78 is 5.15. The van der Waals surface area contributed by atoms with E-state index in [0.29, 0.717) is 10.6 Å². The van der Waals surface area contributed by atoms with Crippen molar-refractivity contribution in [3.8, 4) is 11.1 Å². The summed E-state index contributed by atoms with van der Waals surface area (Å²) in [5.74, 6) is -0.683. The molecule has 1 N–H and O–H groups in total. The van der Waals surface area contributed by atoms with Gasteiger partial charge in [-0.2, -0.15) is 0 Å². The fourth-order valence-corrected chi connectivity index (χ4v) is 3.06. The first-order valence-electron chi connectivity index (χ1n) is 7.32. The molecule has 2 aromatic rings. The van der Waals surface area contributed by atoms with Crippen LogP contribution in [0.3, 0.4) is 0 Å². The van der Waals surface area contributed by atoms with E-state index in [4.69, 9.17) is 4.74 Å². The van der Waals surface area contributed by atoms with Crippen LogP contribution in [-0.2, 0) is 9.53 Å². The Morgan fingerprint density at radius 1 is 1.22 bits per heavy atom. The number of hydrogen-bond acceptors (Lipinski definition) is 4. The largest absolute Gasteiger partial charge is 0.462 e. The summed E-state index contributed by atoms with van der Waals surface area (Å²) in [6.45, 7) is 5.73. The molecule has 0 radical (unpaired) electrons. The number of carbonyl (C=O) groups is 2. The average molecular weight is 329 g/mol. The van der Waals surface area contributed by atoms with Crippen molar-refractivity contribution >= 4 is 28.2 Å². The molecule has 0 bridgehead atoms. The molecule has 1 aromatic carbocycles. The highest BCUT2D eigenvalue weighted by Crippen LogP contribution is 2.36. The number of anilines is 1. The van der Waals surface area contributed by atoms with E-state index in [0.717, 1.165) is 16.7 Å². The molecule has 0 unspecified atom stereocenters. The van der Waals surface area contributed by atoms with Crippen molar-refractivity contribution in [2.75, 3.05) is 11.9 Å². The van der Waals surface area contributed by atoms with Crippen LogP contribution in [-0.4, -0.2) is 18.5 Å². The average Bonchev–Trinajstić information content (AvgIpc) is 2.91. The fourth-order valence-electron chi connectivity index (χ4n) is 2.10. The van der Waals surface area contributed by atoms with Gasteiger partial charge in [-0.25, -0.2) is 4.79 Å². The van der Waals surface area contributed by atoms with Crippen molar-refractivity contribution in [1.82, 2.24) is 0 Å². The predicted molar refractivity (Wildman–Crippen MR) is 93.8 cm³/mol. The van der Waals surface area contributed by atoms with Gasteiger partial charge < -0.3 is 10.1 Å². The first-order valence-corrected chi connectivity index (χ1v) is 8.20. The van der Waals surface area contributed by atoms with Crippen LogP contribution >= 0.6 is 11.3 Å². The van der Waals surface area contributed by atoms with Crippen molar-refractivity contribution < 1.29 is 14.3 Å². The number of benzene rings is 1. The van der Waals surface area contributed by atoms with Gasteiger partial charge in [0.1, 0.15) is 10.6 Å². The molecule has 1 amide bonds. The van der Waals surface area contributed by atoms with Gasteiger partial charge in [0.05, 0.1) is 6.61 Å². The van der Waals surface area contributed by atoms with E-state index < -0.39 is 5.97 Å². The van der Waals surface area contributed by atoms with E-state index in [1.807, 2.05) is 49.6 Å². The van der Waals surface area contributed by atoms with Gasteiger partial charge in [-0.3, -0.25) is 4.79 Å². The van der Waals surface area contributed by atoms with Crippen molar-refractivity contribution in [3.63, 3.8) is 0 Å². The van der Waals surface area contributed by atoms with Crippen molar-refractivity contribution in [2.24, 2.45) is 0 Å². The molecule has 0 aliphatic heterocycles. The molecule has 120 valence electrons. The molecule has 0 spiro atoms. The van der Waals surface area contributed by atoms with Crippen molar-refractivity contribution in [2.45, 2.75) is 20.8 Å². The highest BCUT2D eigenvalue weighted by molar-refractivity contribution is 7.15. The monoisotopic (exact) mass is 329 g/mol. The van der Waals surface area contributed by atoms with Gasteiger partial charge in [0.2, 0.25) is 5.91 Å². The van der Waals surface area contributed by atoms with Gasteiger partial charge in [0, 0.05) is 17.0 Å². The minimum absolute atomic E-state index is 0.253. The van der Waals surface area contributed by atoms with Crippen LogP contribution in [0.4, 0.5) is 5.00 Å². The topological polar surface area (TPSA) is 55.4 Å². The lowest BCUT2D eigenvalue weighted by molar-refractivity contribution is -0.111. The van der Waals surface area contributed by atoms with E-state index in [1.165, 1.54) is 17.4 Å². The van der Waals surface area contributed by atoms with Crippen LogP contribution in [0.1, 0.15) is 31.1 Å². The minimum atomic E-state index is -0.430. The van der Waals surface area contributed by atoms with Gasteiger partial charge in [-0.05, 0) is 26.3 Å². The van der Waals surface area contributed by atoms with E-state index in [-0.39, 0.29) is 12.5 Å². The van der Waals surface area contributed by atoms with Gasteiger partial charge in [-0.1, -0.05) is 35.9 Å². The molecular formula is C18H19NO3S. The standard InChI is InChI=1S/C18H19NO3S/c1-4-22-18(21)16-14(13-8-6-5-7-9-13)11-23-17(16)19-15(20)10-12(2)3/h5-11H,4H2,1-3H3,(H,19,20). The molecule has 2 rings (SSSR count). The van der Waals surface area contributed by atoms with Crippen molar-refractivity contribution in [3.05, 3.63) is 52.9 Å². The zero-order valence-electron chi connectivity index (χ0n) is 13.4. The number of carbonyl (C=O) groups excluding carboxylic acids is 2. The Morgan fingerprint density at radius 3 is 2.52 bits per heavy atom. The highest BCUT2D eigenvalue weighted by Gasteiger charge is 2.22. The SMILES string of the molecule is CCOC(=O)c1c(-c2ccccc2)csc1NC(=O)C=C(C)C. The quantitative estimate of drug-likeness (QED) is 0.649. The Balaban J connectivity index is 2.43. The number of ether oxygens (including phenoxy) is 1. The highest BCUT2D eigenvalue weighted by atomic mass is 32.1. The first kappa shape index (κ1) is 17.0. The third-order valence-electron chi connectivity index (χ3n) is 3.01. The van der Waals surface area contributed by atoms with Crippen LogP contribution in [0.5, 0.6) is 0 Å². The summed E-state index contributed by atoms with van der Waals surface area (Å²) in [5, 5.41) is 5.14. The maximum Gasteiger partial charge on any atom is 0.341 e. The Bertz CT molecular complexity index is 728. The van der Waals surface area contributed by atoms with E-state index in [1.54, 1.807) is 6.92 Å². The number of esters is 1. The van der Waals surface area contributed by atoms with Crippen molar-refractivity contribution in [1.29, 1.82) is 0 Å². The molecular weight excluding hydrogens is 310 g/mol. The third-order valence-corrected chi connectivity index (χ3v) is 3.91. The normalized spacial score (nSPS) is 10.0. The van der Waals surface area contributed by atoms with E-state index in [9.17, 15) is 9.59 Å². The number of rotatable bonds is 5. The van der Waals surface area contributed by atoms with Crippen LogP contribution < -0.4 is 5.32 Å². The molecule has 0 aliphatic carbocycles. The minimum Gasteiger partial charge on any atom is -0.462 e. The zero-order chi connectivity index (χ0) is 16.8. The van der Waals surface area contributed by atoms with E-state index >= 15 is 0 Å². The van der Waals surface area contributed by atoms with Crippen LogP contribution in [0, 0.1) is 0 Å². The number of hydrogen-bond donors (Lipinski definition) is 1. The number of allylic oxidation sites excluding steroid dienone is 1. The second-order valence-electron chi connectivity index (χ2n) is 5.15. The maximum absolute atomic E-state index is 12.3. The molecule has 5 heteroatoms. The third kappa shape index (κ3) is 4.29. The Kier molecular flexibility index (Phi) is 5.71. The van der Waals surface area contributed by atoms with E-state index in [2.05, 4.69) is 5.32 Å². The second kappa shape index (κ2) is 7.74. The Labute approximate surface area is 139 Å². The van der Waals surface area contributed by atoms with Crippen LogP contribution in [0.15, 0.2) is 47.4 Å². The first-order chi connectivity index (χ1) is 11.0. The Morgan fingerprint density at radius 2 is 1.91 bits per heavy atom. The van der Waals surface area contributed by atoms with Gasteiger partial charge in [0.25, 0.3) is 0 Å². The molecule has 0 aliphatic rings. The maximum atomic E-state index is 12.3. The number of amides is 1. The van der Waals surface area contributed by atoms with Gasteiger partial charge in [0.15, 0.2) is 0 Å². The molecule has 23 heavy (non-hydrogen) atoms. The summed E-state index contributed by atoms with van der Waals surface area (Å²) in [7, 11) is 0. The second-order valence-corrected chi connectivity index (χ2v) is 6.03. The summed E-state index contributed by atoms with van der Waals surface area (Å²) in [4.78, 5) is 24.3. The predicted octanol–water partition coefficient (Wildman–Crippen LogP) is 4.50. The molecule has 0 fully saturated rings. The van der Waals surface area contributed by atoms with Gasteiger partial charge in [-0.15, -0.1) is 11.3 Å². The number of thiophene rings is 1. The van der Waals surface area contributed by atoms with Crippen LogP contribution in [0.25, 0.3) is 11.1 Å². The molecule has 1 heterocycles. The molecule has 0 saturated heterocycles. The summed E-state index contributed by atoms with van der Waals surface area (Å²) in [6, 6.07) is 9.57. The molecule has 4 nitrogen and oxygen atoms in total. The lowest BCUT2D eigenvalue weighted by Crippen LogP contribution is -2.12. The summed E-state index contributed by atoms with van der Waals surface area (Å²) >= 11 is 1.32. The van der Waals surface area contributed by atoms with Gasteiger partial charge >= 0.3 is 5.97 Å².